The van der Waals surface area contributed by atoms with E-state index < -0.39 is 0 Å². The molecule has 0 bridgehead atoms. The van der Waals surface area contributed by atoms with Crippen LogP contribution in [0.2, 0.25) is 0 Å². The van der Waals surface area contributed by atoms with Crippen LogP contribution in [0.4, 0.5) is 0 Å². The molecule has 0 aromatic carbocycles. The van der Waals surface area contributed by atoms with Crippen molar-refractivity contribution in [1.82, 2.24) is 0 Å². The van der Waals surface area contributed by atoms with Gasteiger partial charge in [0.15, 0.2) is 0 Å². The Labute approximate surface area is 69.1 Å². The topological polar surface area (TPSA) is 95.2 Å². The van der Waals surface area contributed by atoms with E-state index in [1.807, 2.05) is 0 Å². The number of hydrogen-bond donors (Lipinski definition) is 0. The van der Waals surface area contributed by atoms with Crippen molar-refractivity contribution in [2.24, 2.45) is 0 Å². The third kappa shape index (κ3) is 58.3. The molecular formula is C4H12N4Zn-2. The van der Waals surface area contributed by atoms with Gasteiger partial charge in [-0.05, 0) is 0 Å². The average molecular weight is 182 g/mol. The van der Waals surface area contributed by atoms with E-state index in [0.717, 1.165) is 0 Å². The first-order chi connectivity index (χ1) is 3.83. The number of nitrogens with one attached hydrogen (secondary N) is 4. The van der Waals surface area contributed by atoms with Gasteiger partial charge in [-0.2, -0.15) is 26.2 Å². The third-order valence-corrected chi connectivity index (χ3v) is 0.250. The third-order valence-electron chi connectivity index (χ3n) is 0.250. The Kier molecular flexibility index (Phi) is 42.7. The largest absolute Gasteiger partial charge is 2.00 e. The molecule has 5 heteroatoms. The second-order valence-electron chi connectivity index (χ2n) is 1.000. The van der Waals surface area contributed by atoms with Gasteiger partial charge in [0.1, 0.15) is 0 Å². The van der Waals surface area contributed by atoms with E-state index in [1.165, 1.54) is 0 Å². The van der Waals surface area contributed by atoms with Crippen molar-refractivity contribution in [3.8, 4) is 0 Å². The molecule has 0 atom stereocenters. The fourth-order valence-electron chi connectivity index (χ4n) is 0. The first kappa shape index (κ1) is 16.2. The maximum atomic E-state index is 6.26. The summed E-state index contributed by atoms with van der Waals surface area (Å²) < 4.78 is 0. The fourth-order valence-corrected chi connectivity index (χ4v) is 0. The van der Waals surface area contributed by atoms with Crippen LogP contribution in [0.25, 0.3) is 22.9 Å². The monoisotopic (exact) mass is 180 g/mol. The van der Waals surface area contributed by atoms with Gasteiger partial charge in [-0.1, -0.05) is 0 Å². The van der Waals surface area contributed by atoms with E-state index in [1.54, 1.807) is 0 Å². The van der Waals surface area contributed by atoms with Crippen LogP contribution in [0.1, 0.15) is 0 Å². The summed E-state index contributed by atoms with van der Waals surface area (Å²) in [4.78, 5) is 0. The Hall–Kier alpha value is 0.463. The van der Waals surface area contributed by atoms with E-state index in [9.17, 15) is 0 Å². The maximum Gasteiger partial charge on any atom is 2.00 e. The molecule has 0 aromatic heterocycles. The standard InChI is InChI=1S/2C2H6N2.Zn/c2*3-1-2-4;/h2*3-4H,1-2H2;/q2*-2;+2. The van der Waals surface area contributed by atoms with Crippen molar-refractivity contribution in [3.05, 3.63) is 22.9 Å². The normalized spacial score (nSPS) is 6.67. The van der Waals surface area contributed by atoms with E-state index in [-0.39, 0.29) is 45.7 Å². The zero-order valence-corrected chi connectivity index (χ0v) is 8.50. The van der Waals surface area contributed by atoms with Crippen molar-refractivity contribution in [3.63, 3.8) is 0 Å². The molecule has 0 radical (unpaired) electrons. The van der Waals surface area contributed by atoms with Crippen molar-refractivity contribution in [2.75, 3.05) is 26.2 Å². The zero-order valence-electron chi connectivity index (χ0n) is 5.54. The summed E-state index contributed by atoms with van der Waals surface area (Å²) in [5, 5.41) is 0. The quantitative estimate of drug-likeness (QED) is 0.584. The minimum absolute atomic E-state index is 0. The van der Waals surface area contributed by atoms with Gasteiger partial charge in [-0.25, -0.2) is 0 Å². The average Bonchev–Trinajstić information content (AvgIpc) is 1.88. The Morgan fingerprint density at radius 3 is 0.667 bits per heavy atom. The van der Waals surface area contributed by atoms with Crippen LogP contribution in [0.5, 0.6) is 0 Å². The van der Waals surface area contributed by atoms with E-state index in [0.29, 0.717) is 0 Å². The molecule has 0 aliphatic rings. The van der Waals surface area contributed by atoms with Crippen molar-refractivity contribution in [1.29, 1.82) is 0 Å². The van der Waals surface area contributed by atoms with Crippen LogP contribution >= 0.6 is 0 Å². The van der Waals surface area contributed by atoms with Gasteiger partial charge in [-0.3, -0.25) is 0 Å². The zero-order chi connectivity index (χ0) is 6.83. The van der Waals surface area contributed by atoms with Gasteiger partial charge in [0.2, 0.25) is 0 Å². The summed E-state index contributed by atoms with van der Waals surface area (Å²) in [7, 11) is 0. The molecule has 0 aliphatic heterocycles. The molecule has 0 amide bonds. The Morgan fingerprint density at radius 1 is 0.556 bits per heavy atom. The molecule has 0 saturated carbocycles. The predicted molar refractivity (Wildman–Crippen MR) is 36.8 cm³/mol. The number of rotatable bonds is 2. The molecule has 0 heterocycles. The molecule has 0 spiro atoms. The van der Waals surface area contributed by atoms with E-state index in [2.05, 4.69) is 0 Å². The van der Waals surface area contributed by atoms with Crippen molar-refractivity contribution in [2.45, 2.75) is 0 Å². The van der Waals surface area contributed by atoms with Gasteiger partial charge in [-0.15, -0.1) is 0 Å². The molecule has 52 valence electrons. The SMILES string of the molecule is [NH-]CC[NH-].[NH-]CC[NH-].[Zn+2]. The maximum absolute atomic E-state index is 6.26. The van der Waals surface area contributed by atoms with Crippen LogP contribution in [0, 0.1) is 0 Å². The molecule has 0 aromatic rings. The summed E-state index contributed by atoms with van der Waals surface area (Å²) in [6.07, 6.45) is 0. The van der Waals surface area contributed by atoms with Crippen LogP contribution in [0.15, 0.2) is 0 Å². The van der Waals surface area contributed by atoms with Gasteiger partial charge in [0, 0.05) is 0 Å². The minimum atomic E-state index is 0. The summed E-state index contributed by atoms with van der Waals surface area (Å²) in [6.45, 7) is 0.944. The van der Waals surface area contributed by atoms with Crippen LogP contribution in [-0.4, -0.2) is 26.2 Å². The van der Waals surface area contributed by atoms with Gasteiger partial charge in [0.25, 0.3) is 0 Å². The fraction of sp³-hybridized carbons (Fsp3) is 1.00. The Morgan fingerprint density at radius 2 is 0.667 bits per heavy atom. The summed E-state index contributed by atoms with van der Waals surface area (Å²) in [6, 6.07) is 0. The van der Waals surface area contributed by atoms with E-state index in [4.69, 9.17) is 22.9 Å². The molecule has 4 nitrogen and oxygen atoms in total. The summed E-state index contributed by atoms with van der Waals surface area (Å²) in [5.41, 5.74) is 25.1. The number of hydrogen-bond acceptors (Lipinski definition) is 0. The molecule has 0 fully saturated rings. The van der Waals surface area contributed by atoms with Crippen LogP contribution in [0.3, 0.4) is 0 Å². The van der Waals surface area contributed by atoms with Crippen molar-refractivity contribution >= 4 is 0 Å². The Bertz CT molecular complexity index is 20.5. The van der Waals surface area contributed by atoms with E-state index >= 15 is 0 Å². The molecule has 0 saturated heterocycles. The van der Waals surface area contributed by atoms with Gasteiger partial charge in [0.05, 0.1) is 0 Å². The smallest absolute Gasteiger partial charge is 0.679 e. The van der Waals surface area contributed by atoms with Gasteiger partial charge < -0.3 is 22.9 Å². The molecule has 9 heavy (non-hydrogen) atoms. The second kappa shape index (κ2) is 23.7. The van der Waals surface area contributed by atoms with Crippen molar-refractivity contribution < 1.29 is 19.5 Å². The van der Waals surface area contributed by atoms with Crippen LogP contribution < -0.4 is 0 Å². The molecule has 0 unspecified atom stereocenters. The first-order valence-corrected chi connectivity index (χ1v) is 2.41. The molecule has 0 rings (SSSR count). The summed E-state index contributed by atoms with van der Waals surface area (Å²) >= 11 is 0. The predicted octanol–water partition coefficient (Wildman–Crippen LogP) is 2.18. The van der Waals surface area contributed by atoms with Crippen LogP contribution in [-0.2, 0) is 19.5 Å². The summed E-state index contributed by atoms with van der Waals surface area (Å²) in [5.74, 6) is 0. The second-order valence-corrected chi connectivity index (χ2v) is 1.000. The molecule has 0 aliphatic carbocycles. The van der Waals surface area contributed by atoms with Gasteiger partial charge >= 0.3 is 19.5 Å². The molecule has 4 N–H and O–H groups in total. The molecular weight excluding hydrogens is 169 g/mol. The minimum Gasteiger partial charge on any atom is -0.679 e. The Balaban J connectivity index is -0.0000000720. The first-order valence-electron chi connectivity index (χ1n) is 2.41.